The fraction of sp³-hybridized carbons (Fsp3) is 1.00. The molecule has 3 atom stereocenters. The molecule has 0 amide bonds. The first-order valence-corrected chi connectivity index (χ1v) is 7.26. The Kier molecular flexibility index (Phi) is 5.26. The third kappa shape index (κ3) is 3.94. The number of fused-ring (bicyclic) bond motifs is 1. The molecule has 0 radical (unpaired) electrons. The van der Waals surface area contributed by atoms with Gasteiger partial charge in [0, 0.05) is 32.8 Å². The molecule has 2 fully saturated rings. The molecule has 0 spiro atoms. The van der Waals surface area contributed by atoms with Crippen molar-refractivity contribution in [3.63, 3.8) is 0 Å². The molecule has 2 aliphatic rings. The molecular formula is C14H28N2O. The fourth-order valence-electron chi connectivity index (χ4n) is 3.53. The number of hydrogen-bond acceptors (Lipinski definition) is 3. The van der Waals surface area contributed by atoms with E-state index >= 15 is 0 Å². The smallest absolute Gasteiger partial charge is 0.0477 e. The van der Waals surface area contributed by atoms with Crippen molar-refractivity contribution in [2.24, 2.45) is 17.6 Å². The van der Waals surface area contributed by atoms with Crippen molar-refractivity contribution in [3.8, 4) is 0 Å². The van der Waals surface area contributed by atoms with Crippen LogP contribution >= 0.6 is 0 Å². The molecule has 2 rings (SSSR count). The van der Waals surface area contributed by atoms with E-state index in [9.17, 15) is 0 Å². The van der Waals surface area contributed by atoms with Crippen LogP contribution in [0.15, 0.2) is 0 Å². The van der Waals surface area contributed by atoms with Gasteiger partial charge >= 0.3 is 0 Å². The average Bonchev–Trinajstić information content (AvgIpc) is 2.36. The third-order valence-corrected chi connectivity index (χ3v) is 4.56. The van der Waals surface area contributed by atoms with Crippen LogP contribution in [0.25, 0.3) is 0 Å². The maximum atomic E-state index is 6.14. The largest absolute Gasteiger partial charge is 0.385 e. The summed E-state index contributed by atoms with van der Waals surface area (Å²) in [7, 11) is 1.75. The molecule has 3 nitrogen and oxygen atoms in total. The van der Waals surface area contributed by atoms with E-state index in [-0.39, 0.29) is 6.04 Å². The summed E-state index contributed by atoms with van der Waals surface area (Å²) in [5, 5.41) is 0. The Morgan fingerprint density at radius 1 is 1.24 bits per heavy atom. The first kappa shape index (κ1) is 13.3. The second kappa shape index (κ2) is 6.72. The van der Waals surface area contributed by atoms with Crippen molar-refractivity contribution >= 4 is 0 Å². The van der Waals surface area contributed by atoms with E-state index in [0.717, 1.165) is 31.4 Å². The zero-order valence-electron chi connectivity index (χ0n) is 11.2. The number of ether oxygens (including phenoxy) is 1. The van der Waals surface area contributed by atoms with Gasteiger partial charge in [0.05, 0.1) is 0 Å². The molecule has 3 unspecified atom stereocenters. The summed E-state index contributed by atoms with van der Waals surface area (Å²) in [5.74, 6) is 1.99. The number of nitrogens with zero attached hydrogens (tertiary/aromatic N) is 1. The van der Waals surface area contributed by atoms with Gasteiger partial charge in [-0.2, -0.15) is 0 Å². The standard InChI is InChI=1S/C14H28N2O/c1-17-9-7-14(15)11-16-8-6-12-4-2-3-5-13(12)10-16/h12-14H,2-11,15H2,1H3. The molecule has 1 aliphatic carbocycles. The molecule has 1 saturated heterocycles. The van der Waals surface area contributed by atoms with Crippen LogP contribution in [0.1, 0.15) is 38.5 Å². The summed E-state index contributed by atoms with van der Waals surface area (Å²) in [5.41, 5.74) is 6.14. The Labute approximate surface area is 106 Å². The molecule has 0 aromatic carbocycles. The molecule has 100 valence electrons. The van der Waals surface area contributed by atoms with Crippen molar-refractivity contribution in [1.82, 2.24) is 4.90 Å². The van der Waals surface area contributed by atoms with Gasteiger partial charge in [-0.15, -0.1) is 0 Å². The Morgan fingerprint density at radius 2 is 2.00 bits per heavy atom. The van der Waals surface area contributed by atoms with E-state index in [1.807, 2.05) is 0 Å². The first-order chi connectivity index (χ1) is 8.29. The van der Waals surface area contributed by atoms with E-state index in [1.54, 1.807) is 7.11 Å². The molecular weight excluding hydrogens is 212 g/mol. The van der Waals surface area contributed by atoms with Crippen LogP contribution in [-0.2, 0) is 4.74 Å². The van der Waals surface area contributed by atoms with Gasteiger partial charge in [0.1, 0.15) is 0 Å². The van der Waals surface area contributed by atoms with Crippen molar-refractivity contribution in [1.29, 1.82) is 0 Å². The zero-order valence-corrected chi connectivity index (χ0v) is 11.2. The summed E-state index contributed by atoms with van der Waals surface area (Å²) in [6.45, 7) is 4.42. The average molecular weight is 240 g/mol. The molecule has 3 heteroatoms. The lowest BCUT2D eigenvalue weighted by molar-refractivity contribution is 0.0792. The minimum Gasteiger partial charge on any atom is -0.385 e. The predicted octanol–water partition coefficient (Wildman–Crippen LogP) is 1.86. The van der Waals surface area contributed by atoms with E-state index < -0.39 is 0 Å². The van der Waals surface area contributed by atoms with Gasteiger partial charge < -0.3 is 15.4 Å². The normalized spacial score (nSPS) is 32.1. The van der Waals surface area contributed by atoms with Crippen LogP contribution in [0, 0.1) is 11.8 Å². The Bertz CT molecular complexity index is 222. The maximum absolute atomic E-state index is 6.14. The summed E-state index contributed by atoms with van der Waals surface area (Å²) in [6.07, 6.45) is 8.24. The van der Waals surface area contributed by atoms with Gasteiger partial charge in [-0.25, -0.2) is 0 Å². The number of methoxy groups -OCH3 is 1. The zero-order chi connectivity index (χ0) is 12.1. The van der Waals surface area contributed by atoms with Gasteiger partial charge in [-0.05, 0) is 37.6 Å². The van der Waals surface area contributed by atoms with E-state index in [0.29, 0.717) is 0 Å². The summed E-state index contributed by atoms with van der Waals surface area (Å²) < 4.78 is 5.09. The van der Waals surface area contributed by atoms with E-state index in [4.69, 9.17) is 10.5 Å². The van der Waals surface area contributed by atoms with Gasteiger partial charge in [0.2, 0.25) is 0 Å². The van der Waals surface area contributed by atoms with Crippen molar-refractivity contribution in [2.75, 3.05) is 33.4 Å². The molecule has 17 heavy (non-hydrogen) atoms. The second-order valence-electron chi connectivity index (χ2n) is 5.89. The minimum absolute atomic E-state index is 0.287. The third-order valence-electron chi connectivity index (χ3n) is 4.56. The lowest BCUT2D eigenvalue weighted by Crippen LogP contribution is -2.46. The highest BCUT2D eigenvalue weighted by Crippen LogP contribution is 2.35. The lowest BCUT2D eigenvalue weighted by atomic mass is 9.75. The molecule has 1 heterocycles. The monoisotopic (exact) mass is 240 g/mol. The molecule has 0 bridgehead atoms. The van der Waals surface area contributed by atoms with Crippen molar-refractivity contribution in [3.05, 3.63) is 0 Å². The molecule has 0 aromatic heterocycles. The Hall–Kier alpha value is -0.120. The van der Waals surface area contributed by atoms with Crippen LogP contribution in [0.5, 0.6) is 0 Å². The summed E-state index contributed by atoms with van der Waals surface area (Å²) >= 11 is 0. The Balaban J connectivity index is 1.71. The van der Waals surface area contributed by atoms with Crippen LogP contribution in [0.3, 0.4) is 0 Å². The topological polar surface area (TPSA) is 38.5 Å². The number of piperidine rings is 1. The lowest BCUT2D eigenvalue weighted by Gasteiger charge is -2.42. The van der Waals surface area contributed by atoms with Crippen molar-refractivity contribution in [2.45, 2.75) is 44.6 Å². The number of rotatable bonds is 5. The summed E-state index contributed by atoms with van der Waals surface area (Å²) in [4.78, 5) is 2.59. The highest BCUT2D eigenvalue weighted by Gasteiger charge is 2.31. The van der Waals surface area contributed by atoms with Crippen molar-refractivity contribution < 1.29 is 4.74 Å². The molecule has 1 saturated carbocycles. The number of hydrogen-bond donors (Lipinski definition) is 1. The molecule has 2 N–H and O–H groups in total. The second-order valence-corrected chi connectivity index (χ2v) is 5.89. The maximum Gasteiger partial charge on any atom is 0.0477 e. The summed E-state index contributed by atoms with van der Waals surface area (Å²) in [6, 6.07) is 0.287. The van der Waals surface area contributed by atoms with Crippen LogP contribution in [0.4, 0.5) is 0 Å². The quantitative estimate of drug-likeness (QED) is 0.797. The fourth-order valence-corrected chi connectivity index (χ4v) is 3.53. The van der Waals surface area contributed by atoms with E-state index in [1.165, 1.54) is 45.2 Å². The minimum atomic E-state index is 0.287. The number of nitrogens with two attached hydrogens (primary N) is 1. The predicted molar refractivity (Wildman–Crippen MR) is 71.0 cm³/mol. The van der Waals surface area contributed by atoms with Crippen LogP contribution in [0.2, 0.25) is 0 Å². The SMILES string of the molecule is COCCC(N)CN1CCC2CCCCC2C1. The van der Waals surface area contributed by atoms with E-state index in [2.05, 4.69) is 4.90 Å². The Morgan fingerprint density at radius 3 is 2.76 bits per heavy atom. The van der Waals surface area contributed by atoms with Crippen LogP contribution < -0.4 is 5.73 Å². The van der Waals surface area contributed by atoms with Crippen LogP contribution in [-0.4, -0.2) is 44.3 Å². The first-order valence-electron chi connectivity index (χ1n) is 7.26. The number of likely N-dealkylation sites (tertiary alicyclic amines) is 1. The van der Waals surface area contributed by atoms with Gasteiger partial charge in [0.15, 0.2) is 0 Å². The van der Waals surface area contributed by atoms with Gasteiger partial charge in [0.25, 0.3) is 0 Å². The highest BCUT2D eigenvalue weighted by molar-refractivity contribution is 4.84. The molecule has 0 aromatic rings. The highest BCUT2D eigenvalue weighted by atomic mass is 16.5. The molecule has 1 aliphatic heterocycles. The van der Waals surface area contributed by atoms with Gasteiger partial charge in [-0.1, -0.05) is 19.3 Å². The van der Waals surface area contributed by atoms with Gasteiger partial charge in [-0.3, -0.25) is 0 Å².